The summed E-state index contributed by atoms with van der Waals surface area (Å²) in [4.78, 5) is 20.5. The van der Waals surface area contributed by atoms with Gasteiger partial charge in [-0.3, -0.25) is 9.20 Å². The molecule has 194 valence electrons. The first kappa shape index (κ1) is 24.5. The van der Waals surface area contributed by atoms with Crippen molar-refractivity contribution in [3.05, 3.63) is 59.5 Å². The van der Waals surface area contributed by atoms with Gasteiger partial charge in [-0.15, -0.1) is 0 Å². The van der Waals surface area contributed by atoms with E-state index in [0.717, 1.165) is 66.2 Å². The lowest BCUT2D eigenvalue weighted by molar-refractivity contribution is 0.0950. The Labute approximate surface area is 218 Å². The number of rotatable bonds is 7. The number of imidazole rings is 1. The van der Waals surface area contributed by atoms with Gasteiger partial charge in [-0.2, -0.15) is 0 Å². The molecule has 0 unspecified atom stereocenters. The molecule has 9 heteroatoms. The fourth-order valence-electron chi connectivity index (χ4n) is 5.43. The summed E-state index contributed by atoms with van der Waals surface area (Å²) in [6, 6.07) is 11.2. The minimum absolute atomic E-state index is 0.101. The number of hydrogen-bond donors (Lipinski definition) is 2. The molecule has 6 rings (SSSR count). The minimum atomic E-state index is -0.663. The van der Waals surface area contributed by atoms with Crippen LogP contribution in [0.2, 0.25) is 0 Å². The first-order valence-electron chi connectivity index (χ1n) is 13.1. The zero-order valence-electron chi connectivity index (χ0n) is 20.7. The van der Waals surface area contributed by atoms with E-state index in [-0.39, 0.29) is 17.8 Å². The van der Waals surface area contributed by atoms with Gasteiger partial charge in [-0.25, -0.2) is 13.8 Å². The molecule has 2 aliphatic rings. The maximum Gasteiger partial charge on any atom is 0.251 e. The van der Waals surface area contributed by atoms with E-state index in [2.05, 4.69) is 15.5 Å². The van der Waals surface area contributed by atoms with Crippen molar-refractivity contribution in [2.75, 3.05) is 32.7 Å². The van der Waals surface area contributed by atoms with Gasteiger partial charge in [-0.05, 0) is 81.1 Å². The Morgan fingerprint density at radius 2 is 2.03 bits per heavy atom. The van der Waals surface area contributed by atoms with Crippen LogP contribution in [0.4, 0.5) is 8.78 Å². The van der Waals surface area contributed by atoms with Gasteiger partial charge in [0, 0.05) is 43.0 Å². The molecule has 6 nitrogen and oxygen atoms in total. The van der Waals surface area contributed by atoms with Crippen LogP contribution in [-0.2, 0) is 0 Å². The number of benzene rings is 2. The predicted molar refractivity (Wildman–Crippen MR) is 143 cm³/mol. The number of alkyl halides is 1. The van der Waals surface area contributed by atoms with Gasteiger partial charge in [0.25, 0.3) is 5.91 Å². The summed E-state index contributed by atoms with van der Waals surface area (Å²) in [7, 11) is 0. The predicted octanol–water partition coefficient (Wildman–Crippen LogP) is 5.33. The molecule has 2 aromatic heterocycles. The Kier molecular flexibility index (Phi) is 6.92. The minimum Gasteiger partial charge on any atom is -0.352 e. The van der Waals surface area contributed by atoms with Crippen LogP contribution in [0.3, 0.4) is 0 Å². The summed E-state index contributed by atoms with van der Waals surface area (Å²) < 4.78 is 31.0. The topological polar surface area (TPSA) is 61.7 Å². The van der Waals surface area contributed by atoms with Crippen LogP contribution >= 0.6 is 11.3 Å². The van der Waals surface area contributed by atoms with Gasteiger partial charge >= 0.3 is 0 Å². The zero-order valence-corrected chi connectivity index (χ0v) is 21.5. The second-order valence-electron chi connectivity index (χ2n) is 10.1. The Hall–Kier alpha value is -2.88. The number of nitrogens with zero attached hydrogens (tertiary/aromatic N) is 3. The molecule has 0 bridgehead atoms. The molecule has 0 spiro atoms. The highest BCUT2D eigenvalue weighted by molar-refractivity contribution is 7.23. The number of halogens is 2. The van der Waals surface area contributed by atoms with Gasteiger partial charge in [-0.1, -0.05) is 17.4 Å². The summed E-state index contributed by atoms with van der Waals surface area (Å²) in [5.74, 6) is -0.377. The van der Waals surface area contributed by atoms with Gasteiger partial charge < -0.3 is 15.5 Å². The lowest BCUT2D eigenvalue weighted by Crippen LogP contribution is -2.36. The van der Waals surface area contributed by atoms with Crippen LogP contribution in [-0.4, -0.2) is 59.1 Å². The first-order chi connectivity index (χ1) is 18.0. The van der Waals surface area contributed by atoms with E-state index in [1.807, 2.05) is 40.9 Å². The van der Waals surface area contributed by atoms with Crippen LogP contribution in [0.15, 0.2) is 42.6 Å². The van der Waals surface area contributed by atoms with Gasteiger partial charge in [0.2, 0.25) is 0 Å². The molecule has 2 aliphatic heterocycles. The third kappa shape index (κ3) is 5.12. The lowest BCUT2D eigenvalue weighted by Gasteiger charge is -2.28. The van der Waals surface area contributed by atoms with Crippen molar-refractivity contribution in [1.29, 1.82) is 0 Å². The van der Waals surface area contributed by atoms with Crippen molar-refractivity contribution in [3.8, 4) is 11.3 Å². The molecular formula is C28H31F2N5OS. The maximum atomic E-state index is 14.8. The third-order valence-corrected chi connectivity index (χ3v) is 8.56. The molecular weight excluding hydrogens is 492 g/mol. The number of nitrogens with one attached hydrogen (secondary N) is 2. The molecule has 1 amide bonds. The van der Waals surface area contributed by atoms with E-state index in [1.54, 1.807) is 0 Å². The quantitative estimate of drug-likeness (QED) is 0.322. The number of amides is 1. The average Bonchev–Trinajstić information content (AvgIpc) is 3.64. The Morgan fingerprint density at radius 3 is 2.84 bits per heavy atom. The smallest absolute Gasteiger partial charge is 0.251 e. The largest absolute Gasteiger partial charge is 0.352 e. The maximum absolute atomic E-state index is 14.8. The number of carbonyl (C=O) groups is 1. The van der Waals surface area contributed by atoms with Crippen molar-refractivity contribution >= 4 is 32.4 Å². The average molecular weight is 524 g/mol. The third-order valence-electron chi connectivity index (χ3n) is 7.54. The summed E-state index contributed by atoms with van der Waals surface area (Å²) in [5.41, 5.74) is 3.78. The number of likely N-dealkylation sites (tertiary alicyclic amines) is 1. The molecule has 4 heterocycles. The van der Waals surface area contributed by atoms with E-state index in [1.165, 1.54) is 17.4 Å². The molecule has 1 atom stereocenters. The van der Waals surface area contributed by atoms with Gasteiger partial charge in [0.1, 0.15) is 12.0 Å². The van der Waals surface area contributed by atoms with Crippen molar-refractivity contribution in [3.63, 3.8) is 0 Å². The molecule has 0 aliphatic carbocycles. The van der Waals surface area contributed by atoms with Gasteiger partial charge in [0.15, 0.2) is 4.96 Å². The summed E-state index contributed by atoms with van der Waals surface area (Å²) in [6.07, 6.45) is 5.46. The molecule has 2 aromatic carbocycles. The highest BCUT2D eigenvalue weighted by Crippen LogP contribution is 2.33. The highest BCUT2D eigenvalue weighted by Gasteiger charge is 2.20. The Morgan fingerprint density at radius 1 is 1.16 bits per heavy atom. The summed E-state index contributed by atoms with van der Waals surface area (Å²) in [5, 5.41) is 6.47. The number of aromatic nitrogens is 2. The fourth-order valence-corrected chi connectivity index (χ4v) is 6.48. The normalized spacial score (nSPS) is 19.2. The van der Waals surface area contributed by atoms with Crippen molar-refractivity contribution < 1.29 is 13.6 Å². The summed E-state index contributed by atoms with van der Waals surface area (Å²) in [6.45, 7) is 4.04. The standard InChI is InChI=1S/C28H31F2N5OS/c29-20-8-13-34(14-9-20)12-2-11-32-27(36)19-5-7-25-26(16-19)37-28-33-24(17-35(25)28)21-15-18(4-6-22(21)30)23-3-1-10-31-23/h4-7,15-17,20,23,31H,1-3,8-14H2,(H,32,36)/t23-/m1/s1. The number of piperidine rings is 1. The van der Waals surface area contributed by atoms with E-state index < -0.39 is 6.17 Å². The molecule has 0 radical (unpaired) electrons. The van der Waals surface area contributed by atoms with Crippen molar-refractivity contribution in [2.24, 2.45) is 0 Å². The van der Waals surface area contributed by atoms with E-state index in [0.29, 0.717) is 36.2 Å². The Bertz CT molecular complexity index is 1420. The molecule has 2 N–H and O–H groups in total. The first-order valence-corrected chi connectivity index (χ1v) is 14.0. The SMILES string of the molecule is O=C(NCCCN1CCC(F)CC1)c1ccc2c(c1)sc1nc(-c3cc([C@H]4CCCN4)ccc3F)cn12. The summed E-state index contributed by atoms with van der Waals surface area (Å²) >= 11 is 1.49. The number of hydrogen-bond acceptors (Lipinski definition) is 5. The second-order valence-corrected chi connectivity index (χ2v) is 11.1. The number of thiazole rings is 1. The van der Waals surface area contributed by atoms with Crippen LogP contribution in [0.5, 0.6) is 0 Å². The second kappa shape index (κ2) is 10.5. The van der Waals surface area contributed by atoms with Crippen LogP contribution in [0, 0.1) is 5.82 Å². The van der Waals surface area contributed by atoms with E-state index in [4.69, 9.17) is 4.98 Å². The van der Waals surface area contributed by atoms with Crippen molar-refractivity contribution in [2.45, 2.75) is 44.3 Å². The monoisotopic (exact) mass is 523 g/mol. The zero-order chi connectivity index (χ0) is 25.4. The molecule has 37 heavy (non-hydrogen) atoms. The highest BCUT2D eigenvalue weighted by atomic mass is 32.1. The van der Waals surface area contributed by atoms with Crippen LogP contribution < -0.4 is 10.6 Å². The molecule has 2 fully saturated rings. The number of fused-ring (bicyclic) bond motifs is 3. The van der Waals surface area contributed by atoms with Gasteiger partial charge in [0.05, 0.1) is 15.9 Å². The molecule has 2 saturated heterocycles. The molecule has 0 saturated carbocycles. The Balaban J connectivity index is 1.14. The van der Waals surface area contributed by atoms with Crippen molar-refractivity contribution in [1.82, 2.24) is 24.9 Å². The van der Waals surface area contributed by atoms with E-state index in [9.17, 15) is 13.6 Å². The van der Waals surface area contributed by atoms with E-state index >= 15 is 0 Å². The van der Waals surface area contributed by atoms with Crippen LogP contribution in [0.25, 0.3) is 26.4 Å². The fraction of sp³-hybridized carbons (Fsp3) is 0.429. The lowest BCUT2D eigenvalue weighted by atomic mass is 10.0. The van der Waals surface area contributed by atoms with Crippen LogP contribution in [0.1, 0.15) is 54.1 Å². The molecule has 4 aromatic rings. The number of carbonyl (C=O) groups excluding carboxylic acids is 1.